The van der Waals surface area contributed by atoms with E-state index >= 15 is 0 Å². The molecule has 1 saturated heterocycles. The van der Waals surface area contributed by atoms with Gasteiger partial charge in [0, 0.05) is 12.1 Å². The molecule has 2 rings (SSSR count). The lowest BCUT2D eigenvalue weighted by atomic mass is 9.72. The van der Waals surface area contributed by atoms with Gasteiger partial charge in [0.05, 0.1) is 0 Å². The van der Waals surface area contributed by atoms with E-state index in [4.69, 9.17) is 5.73 Å². The Morgan fingerprint density at radius 3 is 2.40 bits per heavy atom. The van der Waals surface area contributed by atoms with Crippen molar-refractivity contribution in [2.24, 2.45) is 23.0 Å². The van der Waals surface area contributed by atoms with Crippen LogP contribution in [0.2, 0.25) is 0 Å². The van der Waals surface area contributed by atoms with Crippen LogP contribution in [0, 0.1) is 17.3 Å². The van der Waals surface area contributed by atoms with E-state index in [0.29, 0.717) is 11.0 Å². The number of rotatable bonds is 2. The molecule has 2 N–H and O–H groups in total. The van der Waals surface area contributed by atoms with Crippen LogP contribution >= 0.6 is 0 Å². The third-order valence-corrected chi connectivity index (χ3v) is 6.35. The van der Waals surface area contributed by atoms with Crippen LogP contribution in [-0.2, 0) is 0 Å². The summed E-state index contributed by atoms with van der Waals surface area (Å²) >= 11 is 0. The van der Waals surface area contributed by atoms with Crippen LogP contribution in [-0.4, -0.2) is 30.1 Å². The van der Waals surface area contributed by atoms with E-state index in [1.807, 2.05) is 0 Å². The molecule has 20 heavy (non-hydrogen) atoms. The van der Waals surface area contributed by atoms with Gasteiger partial charge in [-0.15, -0.1) is 0 Å². The van der Waals surface area contributed by atoms with Gasteiger partial charge in [-0.1, -0.05) is 40.5 Å². The van der Waals surface area contributed by atoms with Crippen molar-refractivity contribution in [3.05, 3.63) is 0 Å². The molecule has 0 amide bonds. The first-order valence-electron chi connectivity index (χ1n) is 8.85. The molecule has 0 radical (unpaired) electrons. The van der Waals surface area contributed by atoms with Crippen molar-refractivity contribution in [2.45, 2.75) is 78.2 Å². The number of hydrogen-bond acceptors (Lipinski definition) is 2. The van der Waals surface area contributed by atoms with Gasteiger partial charge in [-0.05, 0) is 62.4 Å². The van der Waals surface area contributed by atoms with Crippen LogP contribution in [0.15, 0.2) is 0 Å². The average molecular weight is 281 g/mol. The molecular weight excluding hydrogens is 244 g/mol. The molecule has 2 nitrogen and oxygen atoms in total. The highest BCUT2D eigenvalue weighted by Gasteiger charge is 2.43. The molecule has 0 aromatic rings. The minimum absolute atomic E-state index is 0.311. The second-order valence-corrected chi connectivity index (χ2v) is 8.44. The van der Waals surface area contributed by atoms with Crippen LogP contribution in [0.1, 0.15) is 72.6 Å². The summed E-state index contributed by atoms with van der Waals surface area (Å²) in [6.07, 6.45) is 9.59. The molecule has 0 bridgehead atoms. The smallest absolute Gasteiger partial charge is 0.0357 e. The van der Waals surface area contributed by atoms with Crippen LogP contribution in [0.4, 0.5) is 0 Å². The van der Waals surface area contributed by atoms with E-state index in [2.05, 4.69) is 32.6 Å². The van der Waals surface area contributed by atoms with Gasteiger partial charge in [-0.2, -0.15) is 0 Å². The van der Waals surface area contributed by atoms with Gasteiger partial charge in [-0.3, -0.25) is 4.90 Å². The van der Waals surface area contributed by atoms with Gasteiger partial charge in [0.2, 0.25) is 0 Å². The normalized spacial score (nSPS) is 37.6. The van der Waals surface area contributed by atoms with Crippen molar-refractivity contribution in [1.29, 1.82) is 0 Å². The molecule has 1 saturated carbocycles. The lowest BCUT2D eigenvalue weighted by Gasteiger charge is -2.50. The Balaban J connectivity index is 2.08. The molecule has 2 aliphatic rings. The van der Waals surface area contributed by atoms with E-state index in [-0.39, 0.29) is 0 Å². The lowest BCUT2D eigenvalue weighted by molar-refractivity contribution is 0.0137. The highest BCUT2D eigenvalue weighted by atomic mass is 15.2. The maximum absolute atomic E-state index is 6.29. The van der Waals surface area contributed by atoms with Gasteiger partial charge in [-0.25, -0.2) is 0 Å². The van der Waals surface area contributed by atoms with Gasteiger partial charge >= 0.3 is 0 Å². The Morgan fingerprint density at radius 1 is 1.05 bits per heavy atom. The van der Waals surface area contributed by atoms with Crippen LogP contribution < -0.4 is 5.73 Å². The molecule has 1 aliphatic heterocycles. The van der Waals surface area contributed by atoms with Crippen LogP contribution in [0.3, 0.4) is 0 Å². The van der Waals surface area contributed by atoms with Gasteiger partial charge in [0.25, 0.3) is 0 Å². The Labute approximate surface area is 126 Å². The molecule has 0 aromatic carbocycles. The maximum Gasteiger partial charge on any atom is 0.0357 e. The Hall–Kier alpha value is -0.0800. The monoisotopic (exact) mass is 280 g/mol. The summed E-state index contributed by atoms with van der Waals surface area (Å²) in [6.45, 7) is 13.1. The van der Waals surface area contributed by atoms with E-state index < -0.39 is 0 Å². The molecule has 1 heterocycles. The molecule has 2 heteroatoms. The zero-order valence-electron chi connectivity index (χ0n) is 14.3. The lowest BCUT2D eigenvalue weighted by Crippen LogP contribution is -2.59. The van der Waals surface area contributed by atoms with Crippen LogP contribution in [0.5, 0.6) is 0 Å². The molecular formula is C18H36N2. The summed E-state index contributed by atoms with van der Waals surface area (Å²) in [5.74, 6) is 1.65. The Kier molecular flexibility index (Phi) is 5.18. The van der Waals surface area contributed by atoms with E-state index in [1.165, 1.54) is 58.0 Å². The van der Waals surface area contributed by atoms with Gasteiger partial charge < -0.3 is 5.73 Å². The molecule has 0 aromatic heterocycles. The molecule has 2 fully saturated rings. The topological polar surface area (TPSA) is 29.3 Å². The minimum atomic E-state index is 0.311. The molecule has 1 aliphatic carbocycles. The summed E-state index contributed by atoms with van der Waals surface area (Å²) in [4.78, 5) is 2.79. The summed E-state index contributed by atoms with van der Waals surface area (Å²) in [5.41, 5.74) is 7.06. The summed E-state index contributed by atoms with van der Waals surface area (Å²) in [6, 6.07) is 0. The fourth-order valence-electron chi connectivity index (χ4n) is 4.71. The summed E-state index contributed by atoms with van der Waals surface area (Å²) in [7, 11) is 0. The first-order chi connectivity index (χ1) is 9.40. The first-order valence-corrected chi connectivity index (χ1v) is 8.85. The highest BCUT2D eigenvalue weighted by Crippen LogP contribution is 2.41. The molecule has 3 unspecified atom stereocenters. The molecule has 0 spiro atoms. The SMILES string of the molecule is CC1CCCCC1(CN)N1CCCC(C(C)(C)C)CC1. The van der Waals surface area contributed by atoms with Crippen molar-refractivity contribution >= 4 is 0 Å². The van der Waals surface area contributed by atoms with E-state index in [9.17, 15) is 0 Å². The second-order valence-electron chi connectivity index (χ2n) is 8.44. The highest BCUT2D eigenvalue weighted by molar-refractivity contribution is 4.99. The van der Waals surface area contributed by atoms with E-state index in [1.54, 1.807) is 0 Å². The van der Waals surface area contributed by atoms with E-state index in [0.717, 1.165) is 18.4 Å². The number of hydrogen-bond donors (Lipinski definition) is 1. The van der Waals surface area contributed by atoms with Crippen molar-refractivity contribution < 1.29 is 0 Å². The van der Waals surface area contributed by atoms with Gasteiger partial charge in [0.1, 0.15) is 0 Å². The van der Waals surface area contributed by atoms with Crippen molar-refractivity contribution in [3.8, 4) is 0 Å². The number of nitrogens with zero attached hydrogens (tertiary/aromatic N) is 1. The third-order valence-electron chi connectivity index (χ3n) is 6.35. The Bertz CT molecular complexity index is 307. The average Bonchev–Trinajstić information content (AvgIpc) is 2.65. The Morgan fingerprint density at radius 2 is 1.80 bits per heavy atom. The second kappa shape index (κ2) is 6.36. The van der Waals surface area contributed by atoms with Gasteiger partial charge in [0.15, 0.2) is 0 Å². The largest absolute Gasteiger partial charge is 0.329 e. The standard InChI is InChI=1S/C18H36N2/c1-15-8-5-6-11-18(15,14-19)20-12-7-9-16(10-13-20)17(2,3)4/h15-16H,5-14,19H2,1-4H3. The summed E-state index contributed by atoms with van der Waals surface area (Å²) < 4.78 is 0. The molecule has 118 valence electrons. The zero-order chi connectivity index (χ0) is 14.8. The predicted octanol–water partition coefficient (Wildman–Crippen LogP) is 4.04. The summed E-state index contributed by atoms with van der Waals surface area (Å²) in [5, 5.41) is 0. The number of likely N-dealkylation sites (tertiary alicyclic amines) is 1. The fourth-order valence-corrected chi connectivity index (χ4v) is 4.71. The fraction of sp³-hybridized carbons (Fsp3) is 1.00. The predicted molar refractivity (Wildman–Crippen MR) is 87.8 cm³/mol. The zero-order valence-corrected chi connectivity index (χ0v) is 14.3. The minimum Gasteiger partial charge on any atom is -0.329 e. The van der Waals surface area contributed by atoms with Crippen molar-refractivity contribution in [3.63, 3.8) is 0 Å². The number of nitrogens with two attached hydrogens (primary N) is 1. The molecule has 3 atom stereocenters. The van der Waals surface area contributed by atoms with Crippen molar-refractivity contribution in [1.82, 2.24) is 4.90 Å². The quantitative estimate of drug-likeness (QED) is 0.827. The van der Waals surface area contributed by atoms with Crippen LogP contribution in [0.25, 0.3) is 0 Å². The maximum atomic E-state index is 6.29. The first kappa shape index (κ1) is 16.3. The van der Waals surface area contributed by atoms with Crippen molar-refractivity contribution in [2.75, 3.05) is 19.6 Å². The third kappa shape index (κ3) is 3.22.